The Bertz CT molecular complexity index is 2200. The van der Waals surface area contributed by atoms with Gasteiger partial charge in [-0.25, -0.2) is 9.59 Å². The van der Waals surface area contributed by atoms with Crippen molar-refractivity contribution in [3.8, 4) is 34.3 Å². The summed E-state index contributed by atoms with van der Waals surface area (Å²) >= 11 is 0. The number of aliphatic hydroxyl groups excluding tert-OH is 6. The van der Waals surface area contributed by atoms with Gasteiger partial charge in [-0.1, -0.05) is 12.2 Å². The van der Waals surface area contributed by atoms with E-state index in [1.807, 2.05) is 0 Å². The Hall–Kier alpha value is -5.55. The monoisotopic (exact) mass is 770 g/mol. The van der Waals surface area contributed by atoms with Gasteiger partial charge in [0.1, 0.15) is 58.7 Å². The topological polar surface area (TPSA) is 342 Å². The van der Waals surface area contributed by atoms with Gasteiger partial charge >= 0.3 is 11.9 Å². The van der Waals surface area contributed by atoms with Crippen molar-refractivity contribution in [2.24, 2.45) is 5.73 Å². The van der Waals surface area contributed by atoms with Gasteiger partial charge in [-0.05, 0) is 35.9 Å². The number of nitrogens with one attached hydrogen (secondary N) is 1. The Morgan fingerprint density at radius 2 is 1.60 bits per heavy atom. The number of aliphatic hydroxyl groups is 6. The molecule has 0 saturated carbocycles. The van der Waals surface area contributed by atoms with Gasteiger partial charge in [0.05, 0.1) is 6.17 Å². The van der Waals surface area contributed by atoms with Crippen LogP contribution in [0.2, 0.25) is 0 Å². The van der Waals surface area contributed by atoms with E-state index in [1.165, 1.54) is 18.3 Å². The molecule has 3 aromatic rings. The highest BCUT2D eigenvalue weighted by molar-refractivity contribution is 5.89. The summed E-state index contributed by atoms with van der Waals surface area (Å²) in [5, 5.41) is 107. The lowest BCUT2D eigenvalue weighted by Crippen LogP contribution is -2.68. The van der Waals surface area contributed by atoms with Gasteiger partial charge in [0.25, 0.3) is 5.79 Å². The lowest BCUT2D eigenvalue weighted by molar-refractivity contribution is -0.321. The Kier molecular flexibility index (Phi) is 9.57. The van der Waals surface area contributed by atoms with E-state index in [-0.39, 0.29) is 33.6 Å². The number of aliphatic carboxylic acids is 1. The van der Waals surface area contributed by atoms with E-state index in [0.29, 0.717) is 5.57 Å². The van der Waals surface area contributed by atoms with Gasteiger partial charge in [-0.15, -0.1) is 0 Å². The molecule has 4 aliphatic rings. The third kappa shape index (κ3) is 6.44. The molecule has 12 atom stereocenters. The van der Waals surface area contributed by atoms with Crippen LogP contribution in [0.5, 0.6) is 23.0 Å². The summed E-state index contributed by atoms with van der Waals surface area (Å²) in [4.78, 5) is 38.6. The molecule has 0 bridgehead atoms. The summed E-state index contributed by atoms with van der Waals surface area (Å²) in [5.41, 5.74) is 5.34. The third-order valence-electron chi connectivity index (χ3n) is 9.64. The Morgan fingerprint density at radius 1 is 0.873 bits per heavy atom. The fraction of sp³-hybridized carbons (Fsp3) is 0.343. The largest absolute Gasteiger partial charge is 0.507 e. The highest BCUT2D eigenvalue weighted by Gasteiger charge is 2.59. The van der Waals surface area contributed by atoms with E-state index in [0.717, 1.165) is 30.3 Å². The number of allylic oxidation sites excluding steroid dienone is 3. The molecular weight excluding hydrogens is 736 g/mol. The van der Waals surface area contributed by atoms with Crippen molar-refractivity contribution in [2.75, 3.05) is 0 Å². The standard InChI is InChI=1S/C35H34N2O18/c36-20-4-2-12(10-37-20)13-5-6-35(31(47)27(45)26(44)30(55-35)33(50)53-34-28(46)24(42)25(43)29(52-34)32(48)49)54-19-9-18-22(23(41)21(13)19)16(40)8-17(51-18)11-1-3-14(38)15(39)7-11/h1-10,13,20,24-31,34,37-39,41-47H,36H2,(H,48,49). The zero-order chi connectivity index (χ0) is 39.7. The molecule has 20 nitrogen and oxygen atoms in total. The maximum Gasteiger partial charge on any atom is 0.340 e. The Morgan fingerprint density at radius 3 is 2.27 bits per heavy atom. The van der Waals surface area contributed by atoms with E-state index >= 15 is 0 Å². The van der Waals surface area contributed by atoms with Crippen LogP contribution in [-0.2, 0) is 23.8 Å². The summed E-state index contributed by atoms with van der Waals surface area (Å²) in [6.45, 7) is 0. The highest BCUT2D eigenvalue weighted by Crippen LogP contribution is 2.49. The second-order valence-corrected chi connectivity index (χ2v) is 13.2. The number of fused-ring (bicyclic) bond motifs is 2. The number of hydrogen-bond acceptors (Lipinski definition) is 19. The number of ether oxygens (including phenoxy) is 4. The molecule has 0 amide bonds. The first-order valence-electron chi connectivity index (χ1n) is 16.5. The van der Waals surface area contributed by atoms with Crippen LogP contribution in [0.1, 0.15) is 11.5 Å². The fourth-order valence-electron chi connectivity index (χ4n) is 6.70. The minimum atomic E-state index is -2.62. The molecule has 2 saturated heterocycles. The quantitative estimate of drug-likeness (QED) is 0.0728. The normalized spacial score (nSPS) is 34.2. The number of carbonyl (C=O) groups is 2. The Labute approximate surface area is 307 Å². The van der Waals surface area contributed by atoms with Crippen LogP contribution in [0, 0.1) is 0 Å². The first-order chi connectivity index (χ1) is 26.0. The van der Waals surface area contributed by atoms with E-state index in [2.05, 4.69) is 5.32 Å². The minimum absolute atomic E-state index is 0.0994. The summed E-state index contributed by atoms with van der Waals surface area (Å²) in [7, 11) is 0. The van der Waals surface area contributed by atoms with Gasteiger partial charge in [-0.2, -0.15) is 0 Å². The summed E-state index contributed by atoms with van der Waals surface area (Å²) in [6, 6.07) is 5.80. The molecule has 292 valence electrons. The van der Waals surface area contributed by atoms with Crippen molar-refractivity contribution >= 4 is 22.9 Å². The highest BCUT2D eigenvalue weighted by atomic mass is 16.8. The lowest BCUT2D eigenvalue weighted by atomic mass is 9.87. The third-order valence-corrected chi connectivity index (χ3v) is 9.64. The zero-order valence-electron chi connectivity index (χ0n) is 27.9. The molecule has 13 N–H and O–H groups in total. The average Bonchev–Trinajstić information content (AvgIpc) is 3.31. The van der Waals surface area contributed by atoms with Crippen LogP contribution in [-0.4, -0.2) is 130 Å². The fourth-order valence-corrected chi connectivity index (χ4v) is 6.70. The number of benzene rings is 2. The van der Waals surface area contributed by atoms with Crippen molar-refractivity contribution in [1.82, 2.24) is 5.32 Å². The number of nitrogens with two attached hydrogens (primary N) is 1. The van der Waals surface area contributed by atoms with Crippen molar-refractivity contribution in [3.63, 3.8) is 0 Å². The number of carboxylic acids is 1. The number of esters is 1. The molecule has 0 aliphatic carbocycles. The molecule has 7 rings (SSSR count). The predicted molar refractivity (Wildman–Crippen MR) is 180 cm³/mol. The number of aromatic hydroxyl groups is 3. The van der Waals surface area contributed by atoms with Crippen molar-refractivity contribution < 1.29 is 84.0 Å². The van der Waals surface area contributed by atoms with E-state index < -0.39 is 108 Å². The molecule has 0 radical (unpaired) electrons. The van der Waals surface area contributed by atoms with Gasteiger partial charge in [-0.3, -0.25) is 4.79 Å². The number of phenolic OH excluding ortho intramolecular Hbond substituents is 3. The van der Waals surface area contributed by atoms with Gasteiger partial charge in [0.15, 0.2) is 35.2 Å². The van der Waals surface area contributed by atoms with Crippen LogP contribution in [0.4, 0.5) is 0 Å². The molecule has 1 aromatic heterocycles. The molecule has 5 heterocycles. The molecule has 55 heavy (non-hydrogen) atoms. The van der Waals surface area contributed by atoms with Gasteiger partial charge in [0.2, 0.25) is 6.29 Å². The van der Waals surface area contributed by atoms with E-state index in [9.17, 15) is 65.4 Å². The second kappa shape index (κ2) is 13.9. The predicted octanol–water partition coefficient (Wildman–Crippen LogP) is -2.45. The van der Waals surface area contributed by atoms with E-state index in [1.54, 1.807) is 12.2 Å². The molecule has 12 unspecified atom stereocenters. The van der Waals surface area contributed by atoms with Crippen LogP contribution >= 0.6 is 0 Å². The first-order valence-corrected chi connectivity index (χ1v) is 16.5. The summed E-state index contributed by atoms with van der Waals surface area (Å²) in [6.07, 6.45) is -13.4. The number of carbonyl (C=O) groups excluding carboxylic acids is 1. The molecule has 20 heteroatoms. The maximum absolute atomic E-state index is 13.6. The van der Waals surface area contributed by atoms with Gasteiger partial charge in [0, 0.05) is 35.4 Å². The smallest absolute Gasteiger partial charge is 0.340 e. The van der Waals surface area contributed by atoms with Crippen LogP contribution < -0.4 is 21.2 Å². The maximum atomic E-state index is 13.6. The van der Waals surface area contributed by atoms with Crippen LogP contribution in [0.15, 0.2) is 75.6 Å². The number of carboxylic acid groups (broad SMARTS) is 1. The number of dihydropyridines is 1. The molecule has 2 aromatic carbocycles. The number of hydrogen-bond donors (Lipinski definition) is 12. The molecular formula is C35H34N2O18. The molecule has 1 spiro atoms. The van der Waals surface area contributed by atoms with Crippen LogP contribution in [0.25, 0.3) is 22.3 Å². The second-order valence-electron chi connectivity index (χ2n) is 13.2. The number of phenols is 3. The number of rotatable bonds is 5. The zero-order valence-corrected chi connectivity index (χ0v) is 27.9. The summed E-state index contributed by atoms with van der Waals surface area (Å²) < 4.78 is 28.0. The minimum Gasteiger partial charge on any atom is -0.507 e. The van der Waals surface area contributed by atoms with E-state index in [4.69, 9.17) is 29.1 Å². The molecule has 4 aliphatic heterocycles. The average molecular weight is 771 g/mol. The van der Waals surface area contributed by atoms with Gasteiger partial charge < -0.3 is 85.5 Å². The summed E-state index contributed by atoms with van der Waals surface area (Å²) in [5.74, 6) is -9.15. The van der Waals surface area contributed by atoms with Crippen molar-refractivity contribution in [3.05, 3.63) is 82.2 Å². The SMILES string of the molecule is NC1C=CC(C2C=CC3(Oc4cc5oc(-c6ccc(O)c(O)c6)cc(=O)c5c(O)c42)OC(C(=O)OC2OC(C(=O)O)C(O)C(O)C2O)C(O)C(O)C3O)=CN1. The van der Waals surface area contributed by atoms with Crippen LogP contribution in [0.3, 0.4) is 0 Å². The lowest BCUT2D eigenvalue weighted by Gasteiger charge is -2.46. The van der Waals surface area contributed by atoms with Crippen molar-refractivity contribution in [2.45, 2.75) is 73.0 Å². The Balaban J connectivity index is 1.32. The van der Waals surface area contributed by atoms with Crippen molar-refractivity contribution in [1.29, 1.82) is 0 Å². The molecule has 2 fully saturated rings. The first kappa shape index (κ1) is 37.8.